The van der Waals surface area contributed by atoms with Gasteiger partial charge < -0.3 is 9.47 Å². The highest BCUT2D eigenvalue weighted by molar-refractivity contribution is 5.26. The Hall–Kier alpha value is -3.10. The molecule has 1 unspecified atom stereocenters. The number of allylic oxidation sites excluding steroid dienone is 2. The lowest BCUT2D eigenvalue weighted by Gasteiger charge is -2.04. The Balaban J connectivity index is -0.0000000752. The lowest BCUT2D eigenvalue weighted by Crippen LogP contribution is -1.98. The molecule has 6 rings (SSSR count). The molecule has 0 aromatic heterocycles. The Bertz CT molecular complexity index is 1100. The van der Waals surface area contributed by atoms with Crippen LogP contribution in [0.3, 0.4) is 0 Å². The summed E-state index contributed by atoms with van der Waals surface area (Å²) in [6.07, 6.45) is 14.6. The number of hydrogen-bond acceptors (Lipinski definition) is 2. The fourth-order valence-corrected chi connectivity index (χ4v) is 3.72. The Kier molecular flexibility index (Phi) is 51.5. The minimum Gasteiger partial charge on any atom is -0.493 e. The molecule has 3 aromatic carbocycles. The van der Waals surface area contributed by atoms with Crippen molar-refractivity contribution in [3.63, 3.8) is 0 Å². The molecular weight excluding hydrogens is 621 g/mol. The molecule has 0 N–H and O–H groups in total. The van der Waals surface area contributed by atoms with Gasteiger partial charge in [-0.2, -0.15) is 0 Å². The first-order chi connectivity index (χ1) is 20.4. The summed E-state index contributed by atoms with van der Waals surface area (Å²) >= 11 is 0. The van der Waals surface area contributed by atoms with Crippen molar-refractivity contribution in [3.8, 4) is 5.75 Å². The van der Waals surface area contributed by atoms with E-state index in [1.807, 2.05) is 24.3 Å². The maximum absolute atomic E-state index is 5.58. The number of epoxide rings is 1. The Morgan fingerprint density at radius 1 is 0.588 bits per heavy atom. The first-order valence-corrected chi connectivity index (χ1v) is 16.0. The summed E-state index contributed by atoms with van der Waals surface area (Å²) in [6, 6.07) is 25.4. The first-order valence-electron chi connectivity index (χ1n) is 16.0. The lowest BCUT2D eigenvalue weighted by atomic mass is 10.1. The normalized spacial score (nSPS) is 13.1. The van der Waals surface area contributed by atoms with Crippen molar-refractivity contribution in [2.24, 2.45) is 11.8 Å². The Labute approximate surface area is 324 Å². The van der Waals surface area contributed by atoms with E-state index in [2.05, 4.69) is 108 Å². The van der Waals surface area contributed by atoms with Gasteiger partial charge in [0.15, 0.2) is 0 Å². The van der Waals surface area contributed by atoms with Gasteiger partial charge >= 0.3 is 0 Å². The molecule has 0 spiro atoms. The van der Waals surface area contributed by atoms with Gasteiger partial charge in [-0.05, 0) is 81.5 Å². The third-order valence-electron chi connectivity index (χ3n) is 7.25. The zero-order valence-corrected chi connectivity index (χ0v) is 27.1. The molecule has 1 aliphatic heterocycles. The summed E-state index contributed by atoms with van der Waals surface area (Å²) in [5.74, 6) is 2.98. The van der Waals surface area contributed by atoms with Gasteiger partial charge in [0.25, 0.3) is 0 Å². The van der Waals surface area contributed by atoms with Crippen LogP contribution in [0, 0.1) is 32.6 Å². The maximum Gasteiger partial charge on any atom is 0.119 e. The van der Waals surface area contributed by atoms with Crippen molar-refractivity contribution < 1.29 is 9.47 Å². The summed E-state index contributed by atoms with van der Waals surface area (Å²) in [4.78, 5) is 0. The molecule has 0 amide bonds. The highest BCUT2D eigenvalue weighted by Crippen LogP contribution is 2.31. The zero-order chi connectivity index (χ0) is 30.6. The molecule has 0 bridgehead atoms. The van der Waals surface area contributed by atoms with E-state index in [0.717, 1.165) is 50.1 Å². The van der Waals surface area contributed by atoms with Crippen LogP contribution in [0.5, 0.6) is 5.75 Å². The summed E-state index contributed by atoms with van der Waals surface area (Å²) in [5.41, 5.74) is 6.64. The smallest absolute Gasteiger partial charge is 0.119 e. The second-order valence-corrected chi connectivity index (χ2v) is 11.7. The van der Waals surface area contributed by atoms with Crippen LogP contribution in [0.15, 0.2) is 98.1 Å². The van der Waals surface area contributed by atoms with Crippen molar-refractivity contribution in [2.75, 3.05) is 13.2 Å². The van der Waals surface area contributed by atoms with Crippen LogP contribution in [0.4, 0.5) is 0 Å². The topological polar surface area (TPSA) is 21.8 Å². The second kappa shape index (κ2) is 39.7. The van der Waals surface area contributed by atoms with Gasteiger partial charge in [-0.25, -0.2) is 0 Å². The van der Waals surface area contributed by atoms with Crippen molar-refractivity contribution in [1.29, 1.82) is 0 Å². The average Bonchev–Trinajstić information content (AvgIpc) is 3.85. The molecule has 3 aliphatic rings. The largest absolute Gasteiger partial charge is 0.493 e. The molecule has 3 aromatic rings. The molecule has 2 aliphatic carbocycles. The fraction of sp³-hybridized carbons (Fsp3) is 0.551. The summed E-state index contributed by atoms with van der Waals surface area (Å²) in [7, 11) is 0. The number of benzene rings is 3. The van der Waals surface area contributed by atoms with Gasteiger partial charge in [0.05, 0.1) is 19.3 Å². The van der Waals surface area contributed by atoms with Crippen LogP contribution < -0.4 is 4.74 Å². The highest BCUT2D eigenvalue weighted by Gasteiger charge is 2.22. The average molecular weight is 713 g/mol. The van der Waals surface area contributed by atoms with E-state index in [1.54, 1.807) is 0 Å². The maximum atomic E-state index is 5.58. The highest BCUT2D eigenvalue weighted by atomic mass is 16.6. The Morgan fingerprint density at radius 3 is 1.25 bits per heavy atom. The van der Waals surface area contributed by atoms with Crippen molar-refractivity contribution in [1.82, 2.24) is 0 Å². The van der Waals surface area contributed by atoms with Gasteiger partial charge in [0.1, 0.15) is 5.75 Å². The van der Waals surface area contributed by atoms with Crippen molar-refractivity contribution in [3.05, 3.63) is 126 Å². The molecule has 51 heavy (non-hydrogen) atoms. The third kappa shape index (κ3) is 36.5. The predicted molar refractivity (Wildman–Crippen MR) is 243 cm³/mol. The molecule has 2 nitrogen and oxygen atoms in total. The van der Waals surface area contributed by atoms with Crippen LogP contribution in [-0.2, 0) is 17.6 Å². The second-order valence-electron chi connectivity index (χ2n) is 11.7. The first kappa shape index (κ1) is 66.2. The van der Waals surface area contributed by atoms with E-state index in [0.29, 0.717) is 6.10 Å². The molecule has 1 heterocycles. The van der Waals surface area contributed by atoms with Crippen LogP contribution in [-0.4, -0.2) is 19.3 Å². The van der Waals surface area contributed by atoms with Crippen molar-refractivity contribution in [2.45, 2.75) is 159 Å². The van der Waals surface area contributed by atoms with Crippen molar-refractivity contribution >= 4 is 0 Å². The third-order valence-corrected chi connectivity index (χ3v) is 7.25. The molecule has 3 fully saturated rings. The summed E-state index contributed by atoms with van der Waals surface area (Å²) in [6.45, 7) is 19.6. The van der Waals surface area contributed by atoms with Crippen LogP contribution in [0.1, 0.15) is 147 Å². The SMILES string of the molecule is C.C.C.C.C.C.C.C.C.C=CCC.C=CCc1ccc(C)cc1.CCC1CC1.Cc1ccc(CC2CO2)cc1.Cc1ccc(OCC2CC2)cc1. The summed E-state index contributed by atoms with van der Waals surface area (Å²) in [5, 5.41) is 0. The molecule has 2 heteroatoms. The van der Waals surface area contributed by atoms with E-state index < -0.39 is 0 Å². The molecular formula is C49H92O2. The van der Waals surface area contributed by atoms with Crippen LogP contribution in [0.25, 0.3) is 0 Å². The quantitative estimate of drug-likeness (QED) is 0.163. The van der Waals surface area contributed by atoms with E-state index in [4.69, 9.17) is 9.47 Å². The Morgan fingerprint density at radius 2 is 0.961 bits per heavy atom. The van der Waals surface area contributed by atoms with Gasteiger partial charge in [-0.3, -0.25) is 0 Å². The van der Waals surface area contributed by atoms with Gasteiger partial charge in [0, 0.05) is 6.42 Å². The minimum atomic E-state index is 0. The van der Waals surface area contributed by atoms with Crippen LogP contribution >= 0.6 is 0 Å². The molecule has 300 valence electrons. The summed E-state index contributed by atoms with van der Waals surface area (Å²) < 4.78 is 10.7. The van der Waals surface area contributed by atoms with E-state index in [-0.39, 0.29) is 66.8 Å². The van der Waals surface area contributed by atoms with Gasteiger partial charge in [-0.1, -0.05) is 189 Å². The number of aryl methyl sites for hydroxylation is 3. The van der Waals surface area contributed by atoms with E-state index in [1.165, 1.54) is 59.9 Å². The molecule has 1 saturated heterocycles. The predicted octanol–water partition coefficient (Wildman–Crippen LogP) is 16.6. The van der Waals surface area contributed by atoms with Gasteiger partial charge in [-0.15, -0.1) is 13.2 Å². The zero-order valence-electron chi connectivity index (χ0n) is 27.1. The minimum absolute atomic E-state index is 0. The van der Waals surface area contributed by atoms with E-state index in [9.17, 15) is 0 Å². The van der Waals surface area contributed by atoms with Gasteiger partial charge in [0.2, 0.25) is 0 Å². The number of hydrogen-bond donors (Lipinski definition) is 0. The fourth-order valence-electron chi connectivity index (χ4n) is 3.72. The monoisotopic (exact) mass is 713 g/mol. The standard InChI is InChI=1S/C11H14O.C10H12O.C10H12.C5H10.C4H8.9CH4/c1-9-2-6-11(7-3-9)12-8-10-4-5-10;1-8-2-4-9(5-3-8)6-10-7-11-10;1-3-4-10-7-5-9(2)6-8-10;1-2-5-3-4-5;1-3-4-2;;;;;;;;;/h2-3,6-7,10H,4-5,8H2,1H3;2-5,10H,6-7H2,1H3;3,5-8H,1,4H2,2H3;5H,2-4H2,1H3;3H,1,4H2,2H3;9*1H4. The molecule has 1 atom stereocenters. The number of rotatable bonds is 9. The van der Waals surface area contributed by atoms with E-state index >= 15 is 0 Å². The molecule has 0 radical (unpaired) electrons. The van der Waals surface area contributed by atoms with Crippen LogP contribution in [0.2, 0.25) is 0 Å². The molecule has 2 saturated carbocycles. The lowest BCUT2D eigenvalue weighted by molar-refractivity contribution is 0.300. The number of ether oxygens (including phenoxy) is 2.